The van der Waals surface area contributed by atoms with Gasteiger partial charge in [0.2, 0.25) is 11.7 Å². The number of nitrogens with zero attached hydrogens (tertiary/aromatic N) is 3. The van der Waals surface area contributed by atoms with Gasteiger partial charge < -0.3 is 14.7 Å². The Balaban J connectivity index is 1.64. The largest absolute Gasteiger partial charge is 0.461 e. The third-order valence-electron chi connectivity index (χ3n) is 3.62. The maximum absolute atomic E-state index is 6.01. The normalized spacial score (nSPS) is 24.7. The minimum Gasteiger partial charge on any atom is -0.461 e. The molecule has 1 saturated heterocycles. The second kappa shape index (κ2) is 5.14. The van der Waals surface area contributed by atoms with Crippen molar-refractivity contribution in [1.82, 2.24) is 15.0 Å². The molecule has 2 N–H and O–H groups in total. The number of piperidine rings is 1. The van der Waals surface area contributed by atoms with Crippen molar-refractivity contribution in [3.05, 3.63) is 24.3 Å². The van der Waals surface area contributed by atoms with E-state index in [1.807, 2.05) is 6.07 Å². The molecule has 2 atom stereocenters. The maximum atomic E-state index is 6.01. The van der Waals surface area contributed by atoms with Crippen LogP contribution in [-0.2, 0) is 6.54 Å². The van der Waals surface area contributed by atoms with E-state index in [2.05, 4.69) is 22.0 Å². The van der Waals surface area contributed by atoms with E-state index in [0.717, 1.165) is 19.5 Å². The van der Waals surface area contributed by atoms with Gasteiger partial charge in [0, 0.05) is 19.1 Å². The van der Waals surface area contributed by atoms with Crippen LogP contribution in [0.4, 0.5) is 0 Å². The number of nitrogens with two attached hydrogens (primary N) is 1. The van der Waals surface area contributed by atoms with Crippen LogP contribution in [0.3, 0.4) is 0 Å². The molecule has 6 heteroatoms. The van der Waals surface area contributed by atoms with Crippen LogP contribution in [0.2, 0.25) is 0 Å². The third-order valence-corrected chi connectivity index (χ3v) is 3.62. The van der Waals surface area contributed by atoms with Crippen molar-refractivity contribution in [3.8, 4) is 11.6 Å². The van der Waals surface area contributed by atoms with Gasteiger partial charge in [-0.2, -0.15) is 4.98 Å². The Kier molecular flexibility index (Phi) is 3.35. The highest BCUT2D eigenvalue weighted by Gasteiger charge is 2.24. The zero-order valence-electron chi connectivity index (χ0n) is 11.0. The lowest BCUT2D eigenvalue weighted by molar-refractivity contribution is 0.142. The van der Waals surface area contributed by atoms with E-state index in [1.54, 1.807) is 12.3 Å². The molecule has 0 aliphatic carbocycles. The van der Waals surface area contributed by atoms with Crippen molar-refractivity contribution in [2.75, 3.05) is 13.1 Å². The van der Waals surface area contributed by atoms with Gasteiger partial charge in [0.25, 0.3) is 0 Å². The molecule has 0 radical (unpaired) electrons. The van der Waals surface area contributed by atoms with Crippen molar-refractivity contribution in [2.24, 2.45) is 11.7 Å². The summed E-state index contributed by atoms with van der Waals surface area (Å²) in [5.41, 5.74) is 6.01. The van der Waals surface area contributed by atoms with E-state index < -0.39 is 0 Å². The average Bonchev–Trinajstić information content (AvgIpc) is 3.04. The smallest absolute Gasteiger partial charge is 0.241 e. The van der Waals surface area contributed by atoms with Crippen molar-refractivity contribution in [2.45, 2.75) is 25.9 Å². The lowest BCUT2D eigenvalue weighted by atomic mass is 9.95. The second-order valence-corrected chi connectivity index (χ2v) is 5.15. The Labute approximate surface area is 111 Å². The molecule has 0 saturated carbocycles. The summed E-state index contributed by atoms with van der Waals surface area (Å²) in [6.07, 6.45) is 2.61. The molecule has 6 nitrogen and oxygen atoms in total. The molecule has 0 bridgehead atoms. The summed E-state index contributed by atoms with van der Waals surface area (Å²) >= 11 is 0. The van der Waals surface area contributed by atoms with E-state index in [-0.39, 0.29) is 0 Å². The molecule has 3 rings (SSSR count). The van der Waals surface area contributed by atoms with Gasteiger partial charge in [-0.3, -0.25) is 4.90 Å². The Morgan fingerprint density at radius 2 is 2.42 bits per heavy atom. The van der Waals surface area contributed by atoms with E-state index in [4.69, 9.17) is 14.7 Å². The number of hydrogen-bond donors (Lipinski definition) is 1. The van der Waals surface area contributed by atoms with Gasteiger partial charge in [-0.05, 0) is 24.5 Å². The molecule has 0 spiro atoms. The van der Waals surface area contributed by atoms with E-state index in [9.17, 15) is 0 Å². The Morgan fingerprint density at radius 3 is 3.16 bits per heavy atom. The molecule has 2 aromatic rings. The average molecular weight is 262 g/mol. The van der Waals surface area contributed by atoms with Gasteiger partial charge in [-0.25, -0.2) is 0 Å². The van der Waals surface area contributed by atoms with E-state index in [1.165, 1.54) is 0 Å². The van der Waals surface area contributed by atoms with Crippen molar-refractivity contribution in [1.29, 1.82) is 0 Å². The van der Waals surface area contributed by atoms with Crippen LogP contribution in [-0.4, -0.2) is 34.2 Å². The van der Waals surface area contributed by atoms with E-state index >= 15 is 0 Å². The maximum Gasteiger partial charge on any atom is 0.241 e. The first-order valence-electron chi connectivity index (χ1n) is 6.57. The lowest BCUT2D eigenvalue weighted by Crippen LogP contribution is -2.45. The zero-order chi connectivity index (χ0) is 13.2. The summed E-state index contributed by atoms with van der Waals surface area (Å²) in [5, 5.41) is 3.93. The molecule has 0 amide bonds. The summed E-state index contributed by atoms with van der Waals surface area (Å²) < 4.78 is 10.5. The Hall–Kier alpha value is -1.66. The van der Waals surface area contributed by atoms with Crippen molar-refractivity contribution < 1.29 is 8.94 Å². The fourth-order valence-corrected chi connectivity index (χ4v) is 2.41. The molecular weight excluding hydrogens is 244 g/mol. The number of furan rings is 1. The summed E-state index contributed by atoms with van der Waals surface area (Å²) in [6.45, 7) is 4.80. The van der Waals surface area contributed by atoms with Crippen LogP contribution in [0.5, 0.6) is 0 Å². The molecule has 102 valence electrons. The first kappa shape index (κ1) is 12.4. The van der Waals surface area contributed by atoms with Gasteiger partial charge in [0.05, 0.1) is 12.8 Å². The highest BCUT2D eigenvalue weighted by atomic mass is 16.5. The van der Waals surface area contributed by atoms with Gasteiger partial charge >= 0.3 is 0 Å². The number of likely N-dealkylation sites (tertiary alicyclic amines) is 1. The van der Waals surface area contributed by atoms with Gasteiger partial charge in [-0.1, -0.05) is 12.1 Å². The lowest BCUT2D eigenvalue weighted by Gasteiger charge is -2.34. The minimum absolute atomic E-state index is 0.303. The fraction of sp³-hybridized carbons (Fsp3) is 0.538. The van der Waals surface area contributed by atoms with E-state index in [0.29, 0.717) is 36.0 Å². The Bertz CT molecular complexity index is 522. The topological polar surface area (TPSA) is 81.3 Å². The summed E-state index contributed by atoms with van der Waals surface area (Å²) in [7, 11) is 0. The molecule has 1 aliphatic heterocycles. The summed E-state index contributed by atoms with van der Waals surface area (Å²) in [6, 6.07) is 3.92. The first-order valence-corrected chi connectivity index (χ1v) is 6.57. The van der Waals surface area contributed by atoms with Gasteiger partial charge in [-0.15, -0.1) is 0 Å². The molecular formula is C13H18N4O2. The van der Waals surface area contributed by atoms with Crippen LogP contribution in [0.15, 0.2) is 27.3 Å². The summed E-state index contributed by atoms with van der Waals surface area (Å²) in [4.78, 5) is 6.65. The Morgan fingerprint density at radius 1 is 1.53 bits per heavy atom. The predicted molar refractivity (Wildman–Crippen MR) is 69.0 cm³/mol. The first-order chi connectivity index (χ1) is 9.22. The zero-order valence-corrected chi connectivity index (χ0v) is 11.0. The van der Waals surface area contributed by atoms with Crippen LogP contribution < -0.4 is 5.73 Å². The summed E-state index contributed by atoms with van der Waals surface area (Å²) in [5.74, 6) is 2.25. The highest BCUT2D eigenvalue weighted by Crippen LogP contribution is 2.19. The van der Waals surface area contributed by atoms with Crippen LogP contribution in [0.25, 0.3) is 11.6 Å². The molecule has 0 aromatic carbocycles. The molecule has 1 aliphatic rings. The fourth-order valence-electron chi connectivity index (χ4n) is 2.41. The van der Waals surface area contributed by atoms with Crippen LogP contribution in [0, 0.1) is 5.92 Å². The molecule has 3 heterocycles. The van der Waals surface area contributed by atoms with Crippen LogP contribution in [0.1, 0.15) is 19.2 Å². The quantitative estimate of drug-likeness (QED) is 0.902. The highest BCUT2D eigenvalue weighted by molar-refractivity contribution is 5.44. The SMILES string of the molecule is CC1CN(Cc2nc(-c3ccco3)no2)CCC1N. The number of rotatable bonds is 3. The van der Waals surface area contributed by atoms with Gasteiger partial charge in [0.1, 0.15) is 0 Å². The number of aromatic nitrogens is 2. The monoisotopic (exact) mass is 262 g/mol. The molecule has 2 unspecified atom stereocenters. The molecule has 2 aromatic heterocycles. The van der Waals surface area contributed by atoms with Crippen molar-refractivity contribution >= 4 is 0 Å². The third kappa shape index (κ3) is 2.69. The predicted octanol–water partition coefficient (Wildman–Crippen LogP) is 1.50. The minimum atomic E-state index is 0.303. The molecule has 1 fully saturated rings. The van der Waals surface area contributed by atoms with Gasteiger partial charge in [0.15, 0.2) is 5.76 Å². The second-order valence-electron chi connectivity index (χ2n) is 5.15. The van der Waals surface area contributed by atoms with Crippen LogP contribution >= 0.6 is 0 Å². The standard InChI is InChI=1S/C13H18N4O2/c1-9-7-17(5-4-10(9)14)8-12-15-13(16-19-12)11-3-2-6-18-11/h2-3,6,9-10H,4-5,7-8,14H2,1H3. The molecule has 19 heavy (non-hydrogen) atoms. The van der Waals surface area contributed by atoms with Crippen molar-refractivity contribution in [3.63, 3.8) is 0 Å². The number of hydrogen-bond acceptors (Lipinski definition) is 6.